The van der Waals surface area contributed by atoms with E-state index >= 15 is 0 Å². The van der Waals surface area contributed by atoms with Crippen molar-refractivity contribution in [3.05, 3.63) is 54.1 Å². The molecule has 1 fully saturated rings. The normalized spacial score (nSPS) is 16.4. The lowest BCUT2D eigenvalue weighted by Crippen LogP contribution is -2.32. The highest BCUT2D eigenvalue weighted by atomic mass is 16.8. The van der Waals surface area contributed by atoms with Gasteiger partial charge in [-0.25, -0.2) is 10.3 Å². The van der Waals surface area contributed by atoms with Crippen molar-refractivity contribution >= 4 is 16.7 Å². The van der Waals surface area contributed by atoms with Crippen molar-refractivity contribution in [3.63, 3.8) is 0 Å². The van der Waals surface area contributed by atoms with Crippen LogP contribution in [0.1, 0.15) is 51.4 Å². The Bertz CT molecular complexity index is 936. The largest absolute Gasteiger partial charge is 0.489 e. The van der Waals surface area contributed by atoms with Gasteiger partial charge in [0.1, 0.15) is 12.4 Å². The van der Waals surface area contributed by atoms with Crippen molar-refractivity contribution in [2.45, 2.75) is 57.7 Å². The minimum atomic E-state index is -0.305. The molecule has 2 aromatic carbocycles. The van der Waals surface area contributed by atoms with Gasteiger partial charge >= 0.3 is 0 Å². The second kappa shape index (κ2) is 16.3. The van der Waals surface area contributed by atoms with Crippen molar-refractivity contribution in [1.29, 1.82) is 0 Å². The zero-order chi connectivity index (χ0) is 25.4. The molecule has 0 aromatic heterocycles. The number of hydrogen-bond acceptors (Lipinski definition) is 6. The van der Waals surface area contributed by atoms with E-state index in [4.69, 9.17) is 14.3 Å². The average molecular weight is 498 g/mol. The van der Waals surface area contributed by atoms with Crippen molar-refractivity contribution in [1.82, 2.24) is 15.7 Å². The van der Waals surface area contributed by atoms with Crippen molar-refractivity contribution in [2.24, 2.45) is 0 Å². The Morgan fingerprint density at radius 2 is 1.97 bits per heavy atom. The summed E-state index contributed by atoms with van der Waals surface area (Å²) in [5.41, 5.74) is 3.77. The highest BCUT2D eigenvalue weighted by Gasteiger charge is 2.15. The lowest BCUT2D eigenvalue weighted by molar-refractivity contribution is -0.200. The summed E-state index contributed by atoms with van der Waals surface area (Å²) in [6, 6.07) is 14.5. The number of allylic oxidation sites excluding steroid dienone is 1. The molecule has 2 aromatic rings. The zero-order valence-electron chi connectivity index (χ0n) is 22.0. The molecule has 0 bridgehead atoms. The van der Waals surface area contributed by atoms with Crippen molar-refractivity contribution in [2.75, 3.05) is 46.9 Å². The maximum atomic E-state index is 12.1. The predicted octanol–water partition coefficient (Wildman–Crippen LogP) is 4.82. The fourth-order valence-corrected chi connectivity index (χ4v) is 4.17. The van der Waals surface area contributed by atoms with E-state index in [1.54, 1.807) is 0 Å². The van der Waals surface area contributed by atoms with E-state index in [2.05, 4.69) is 54.1 Å². The second-order valence-corrected chi connectivity index (χ2v) is 9.65. The summed E-state index contributed by atoms with van der Waals surface area (Å²) in [5.74, 6) is 0.820. The third-order valence-corrected chi connectivity index (χ3v) is 6.21. The molecule has 1 aliphatic heterocycles. The van der Waals surface area contributed by atoms with Crippen LogP contribution in [-0.2, 0) is 14.4 Å². The highest BCUT2D eigenvalue weighted by molar-refractivity contribution is 5.88. The minimum absolute atomic E-state index is 0.0878. The molecule has 1 atom stereocenters. The third kappa shape index (κ3) is 10.7. The first-order chi connectivity index (χ1) is 17.6. The first-order valence-corrected chi connectivity index (χ1v) is 13.3. The average Bonchev–Trinajstić information content (AvgIpc) is 2.90. The van der Waals surface area contributed by atoms with E-state index in [-0.39, 0.29) is 12.2 Å². The van der Waals surface area contributed by atoms with Gasteiger partial charge in [-0.3, -0.25) is 4.79 Å². The number of nitrogens with one attached hydrogen (secondary N) is 2. The molecule has 1 amide bonds. The Hall–Kier alpha value is -2.45. The van der Waals surface area contributed by atoms with E-state index < -0.39 is 0 Å². The number of carbonyl (C=O) groups excluding carboxylic acids is 1. The van der Waals surface area contributed by atoms with Crippen LogP contribution in [-0.4, -0.2) is 64.0 Å². The maximum absolute atomic E-state index is 12.1. The first kappa shape index (κ1) is 28.1. The summed E-state index contributed by atoms with van der Waals surface area (Å²) in [6.07, 6.45) is 9.13. The Labute approximate surface area is 216 Å². The predicted molar refractivity (Wildman–Crippen MR) is 145 cm³/mol. The lowest BCUT2D eigenvalue weighted by atomic mass is 10.1. The van der Waals surface area contributed by atoms with Crippen LogP contribution >= 0.6 is 0 Å². The molecule has 0 spiro atoms. The van der Waals surface area contributed by atoms with Crippen LogP contribution < -0.4 is 15.5 Å². The van der Waals surface area contributed by atoms with Gasteiger partial charge in [0.25, 0.3) is 0 Å². The highest BCUT2D eigenvalue weighted by Crippen LogP contribution is 2.25. The van der Waals surface area contributed by atoms with Gasteiger partial charge in [-0.05, 0) is 82.7 Å². The molecule has 1 saturated heterocycles. The van der Waals surface area contributed by atoms with E-state index in [1.165, 1.54) is 11.0 Å². The fraction of sp³-hybridized carbons (Fsp3) is 0.552. The molecule has 0 saturated carbocycles. The number of hydrogen-bond donors (Lipinski definition) is 2. The van der Waals surface area contributed by atoms with Gasteiger partial charge in [0, 0.05) is 31.4 Å². The summed E-state index contributed by atoms with van der Waals surface area (Å²) < 4.78 is 11.7. The summed E-state index contributed by atoms with van der Waals surface area (Å²) in [4.78, 5) is 19.6. The number of carbonyl (C=O) groups is 1. The Kier molecular flexibility index (Phi) is 12.8. The number of hydroxylamine groups is 1. The van der Waals surface area contributed by atoms with Gasteiger partial charge in [0.15, 0.2) is 6.29 Å². The molecule has 0 aliphatic carbocycles. The van der Waals surface area contributed by atoms with Gasteiger partial charge in [-0.1, -0.05) is 42.5 Å². The smallest absolute Gasteiger partial charge is 0.243 e. The van der Waals surface area contributed by atoms with Crippen LogP contribution in [0, 0.1) is 0 Å². The summed E-state index contributed by atoms with van der Waals surface area (Å²) >= 11 is 0. The Balaban J connectivity index is 1.43. The van der Waals surface area contributed by atoms with Crippen LogP contribution in [0.4, 0.5) is 0 Å². The minimum Gasteiger partial charge on any atom is -0.489 e. The molecule has 198 valence electrons. The van der Waals surface area contributed by atoms with Gasteiger partial charge < -0.3 is 19.7 Å². The van der Waals surface area contributed by atoms with Crippen LogP contribution in [0.3, 0.4) is 0 Å². The number of benzene rings is 2. The maximum Gasteiger partial charge on any atom is 0.243 e. The van der Waals surface area contributed by atoms with E-state index in [9.17, 15) is 4.79 Å². The number of unbranched alkanes of at least 4 members (excludes halogenated alkanes) is 2. The molecular formula is C29H43N3O4. The van der Waals surface area contributed by atoms with E-state index in [1.807, 2.05) is 24.3 Å². The molecule has 36 heavy (non-hydrogen) atoms. The van der Waals surface area contributed by atoms with Crippen LogP contribution in [0.15, 0.2) is 54.1 Å². The van der Waals surface area contributed by atoms with Crippen LogP contribution in [0.5, 0.6) is 5.75 Å². The van der Waals surface area contributed by atoms with Gasteiger partial charge in [0.2, 0.25) is 5.91 Å². The fourth-order valence-electron chi connectivity index (χ4n) is 4.17. The standard InChI is InChI=1S/C29H43N3O4/c1-32(2)20-11-19-30-22-24(23-35-27-16-10-14-25-13-6-7-15-26(25)27)12-4-3-5-17-28(33)31-36-29-18-8-9-21-34-29/h6-7,10,12-16,29-30H,3-5,8-9,11,17-23H2,1-2H3,(H,31,33). The molecule has 1 unspecified atom stereocenters. The van der Waals surface area contributed by atoms with Crippen molar-refractivity contribution in [3.8, 4) is 5.75 Å². The number of nitrogens with zero attached hydrogens (tertiary/aromatic N) is 1. The second-order valence-electron chi connectivity index (χ2n) is 9.65. The summed E-state index contributed by atoms with van der Waals surface area (Å²) in [5, 5.41) is 5.86. The number of amides is 1. The van der Waals surface area contributed by atoms with E-state index in [0.717, 1.165) is 75.7 Å². The monoisotopic (exact) mass is 497 g/mol. The topological polar surface area (TPSA) is 72.1 Å². The van der Waals surface area contributed by atoms with Gasteiger partial charge in [-0.15, -0.1) is 0 Å². The molecule has 1 aliphatic rings. The third-order valence-electron chi connectivity index (χ3n) is 6.21. The van der Waals surface area contributed by atoms with Gasteiger partial charge in [-0.2, -0.15) is 0 Å². The summed E-state index contributed by atoms with van der Waals surface area (Å²) in [6.45, 7) is 4.08. The Morgan fingerprint density at radius 1 is 1.11 bits per heavy atom. The van der Waals surface area contributed by atoms with Crippen molar-refractivity contribution < 1.29 is 19.1 Å². The van der Waals surface area contributed by atoms with E-state index in [0.29, 0.717) is 19.6 Å². The quantitative estimate of drug-likeness (QED) is 0.197. The molecule has 7 nitrogen and oxygen atoms in total. The molecule has 1 heterocycles. The van der Waals surface area contributed by atoms with Crippen LogP contribution in [0.2, 0.25) is 0 Å². The summed E-state index contributed by atoms with van der Waals surface area (Å²) in [7, 11) is 4.19. The molecule has 0 radical (unpaired) electrons. The number of fused-ring (bicyclic) bond motifs is 1. The molecular weight excluding hydrogens is 454 g/mol. The lowest BCUT2D eigenvalue weighted by Gasteiger charge is -2.22. The zero-order valence-corrected chi connectivity index (χ0v) is 22.0. The molecule has 3 rings (SSSR count). The Morgan fingerprint density at radius 3 is 2.81 bits per heavy atom. The van der Waals surface area contributed by atoms with Gasteiger partial charge in [0.05, 0.1) is 0 Å². The molecule has 2 N–H and O–H groups in total. The molecule has 7 heteroatoms. The number of ether oxygens (including phenoxy) is 2. The first-order valence-electron chi connectivity index (χ1n) is 13.3. The van der Waals surface area contributed by atoms with Crippen LogP contribution in [0.25, 0.3) is 10.8 Å². The SMILES string of the molecule is CN(C)CCCNCC(=CCCCCC(=O)NOC1CCCCO1)COc1cccc2ccccc12. The number of rotatable bonds is 16.